The SMILES string of the molecule is CC(CS(=O)(=O)NCCCCC(=N)N)c1ccccc1. The van der Waals surface area contributed by atoms with Crippen LogP contribution in [-0.4, -0.2) is 26.6 Å². The smallest absolute Gasteiger partial charge is 0.212 e. The summed E-state index contributed by atoms with van der Waals surface area (Å²) in [6.07, 6.45) is 1.94. The Bertz CT molecular complexity index is 514. The van der Waals surface area contributed by atoms with E-state index in [0.717, 1.165) is 12.0 Å². The van der Waals surface area contributed by atoms with Gasteiger partial charge in [0.2, 0.25) is 10.0 Å². The van der Waals surface area contributed by atoms with Gasteiger partial charge in [-0.25, -0.2) is 13.1 Å². The van der Waals surface area contributed by atoms with Crippen molar-refractivity contribution in [3.8, 4) is 0 Å². The third-order valence-corrected chi connectivity index (χ3v) is 4.62. The second-order valence-corrected chi connectivity index (χ2v) is 6.82. The molecule has 0 aliphatic carbocycles. The molecule has 0 radical (unpaired) electrons. The van der Waals surface area contributed by atoms with Crippen molar-refractivity contribution in [2.24, 2.45) is 5.73 Å². The lowest BCUT2D eigenvalue weighted by Crippen LogP contribution is -2.29. The largest absolute Gasteiger partial charge is 0.388 e. The Kier molecular flexibility index (Phi) is 6.67. The van der Waals surface area contributed by atoms with Crippen LogP contribution in [0, 0.1) is 5.41 Å². The molecule has 0 aromatic heterocycles. The van der Waals surface area contributed by atoms with Crippen LogP contribution < -0.4 is 10.5 Å². The molecule has 1 rings (SSSR count). The summed E-state index contributed by atoms with van der Waals surface area (Å²) in [7, 11) is -3.26. The number of sulfonamides is 1. The summed E-state index contributed by atoms with van der Waals surface area (Å²) in [5.74, 6) is 0.195. The van der Waals surface area contributed by atoms with Crippen LogP contribution in [0.4, 0.5) is 0 Å². The zero-order chi connectivity index (χ0) is 15.0. The number of nitrogens with one attached hydrogen (secondary N) is 2. The summed E-state index contributed by atoms with van der Waals surface area (Å²) in [6, 6.07) is 9.61. The summed E-state index contributed by atoms with van der Waals surface area (Å²) in [6.45, 7) is 2.31. The Morgan fingerprint density at radius 2 is 1.95 bits per heavy atom. The molecule has 1 unspecified atom stereocenters. The maximum absolute atomic E-state index is 11.9. The highest BCUT2D eigenvalue weighted by atomic mass is 32.2. The van der Waals surface area contributed by atoms with Gasteiger partial charge in [-0.2, -0.15) is 0 Å². The van der Waals surface area contributed by atoms with Gasteiger partial charge in [-0.1, -0.05) is 37.3 Å². The van der Waals surface area contributed by atoms with Crippen molar-refractivity contribution >= 4 is 15.9 Å². The van der Waals surface area contributed by atoms with E-state index in [1.807, 2.05) is 37.3 Å². The fourth-order valence-corrected chi connectivity index (χ4v) is 3.36. The predicted octanol–water partition coefficient (Wildman–Crippen LogP) is 1.82. The van der Waals surface area contributed by atoms with Gasteiger partial charge >= 0.3 is 0 Å². The van der Waals surface area contributed by atoms with Crippen molar-refractivity contribution in [2.75, 3.05) is 12.3 Å². The fraction of sp³-hybridized carbons (Fsp3) is 0.500. The molecule has 6 heteroatoms. The van der Waals surface area contributed by atoms with Gasteiger partial charge in [0.05, 0.1) is 11.6 Å². The molecule has 5 nitrogen and oxygen atoms in total. The third kappa shape index (κ3) is 6.68. The highest BCUT2D eigenvalue weighted by Gasteiger charge is 2.16. The predicted molar refractivity (Wildman–Crippen MR) is 82.4 cm³/mol. The Morgan fingerprint density at radius 1 is 1.30 bits per heavy atom. The lowest BCUT2D eigenvalue weighted by atomic mass is 10.0. The molecule has 0 aliphatic heterocycles. The first-order valence-electron chi connectivity index (χ1n) is 6.76. The lowest BCUT2D eigenvalue weighted by molar-refractivity contribution is 0.572. The molecule has 4 N–H and O–H groups in total. The molecular weight excluding hydrogens is 274 g/mol. The fourth-order valence-electron chi connectivity index (χ4n) is 1.93. The number of rotatable bonds is 9. The highest BCUT2D eigenvalue weighted by molar-refractivity contribution is 7.89. The maximum atomic E-state index is 11.9. The summed E-state index contributed by atoms with van der Waals surface area (Å²) < 4.78 is 26.5. The number of nitrogens with two attached hydrogens (primary N) is 1. The van der Waals surface area contributed by atoms with Crippen molar-refractivity contribution in [1.82, 2.24) is 4.72 Å². The van der Waals surface area contributed by atoms with E-state index in [1.165, 1.54) is 0 Å². The van der Waals surface area contributed by atoms with Gasteiger partial charge in [-0.3, -0.25) is 5.41 Å². The zero-order valence-electron chi connectivity index (χ0n) is 11.8. The summed E-state index contributed by atoms with van der Waals surface area (Å²) in [5.41, 5.74) is 6.26. The molecule has 0 saturated carbocycles. The summed E-state index contributed by atoms with van der Waals surface area (Å²) in [4.78, 5) is 0. The van der Waals surface area contributed by atoms with Gasteiger partial charge < -0.3 is 5.73 Å². The normalized spacial score (nSPS) is 13.1. The van der Waals surface area contributed by atoms with E-state index < -0.39 is 10.0 Å². The number of benzene rings is 1. The molecule has 0 aliphatic rings. The Balaban J connectivity index is 2.36. The first-order chi connectivity index (χ1) is 9.41. The minimum Gasteiger partial charge on any atom is -0.388 e. The average Bonchev–Trinajstić information content (AvgIpc) is 2.38. The zero-order valence-corrected chi connectivity index (χ0v) is 12.6. The van der Waals surface area contributed by atoms with Crippen molar-refractivity contribution in [2.45, 2.75) is 32.1 Å². The van der Waals surface area contributed by atoms with E-state index >= 15 is 0 Å². The maximum Gasteiger partial charge on any atom is 0.212 e. The molecule has 1 atom stereocenters. The molecule has 0 fully saturated rings. The van der Waals surface area contributed by atoms with Crippen LogP contribution in [0.3, 0.4) is 0 Å². The minimum absolute atomic E-state index is 0.0362. The van der Waals surface area contributed by atoms with E-state index in [4.69, 9.17) is 11.1 Å². The number of hydrogen-bond acceptors (Lipinski definition) is 3. The van der Waals surface area contributed by atoms with Crippen molar-refractivity contribution in [3.63, 3.8) is 0 Å². The van der Waals surface area contributed by atoms with Crippen LogP contribution >= 0.6 is 0 Å². The Morgan fingerprint density at radius 3 is 2.55 bits per heavy atom. The summed E-state index contributed by atoms with van der Waals surface area (Å²) in [5, 5.41) is 7.08. The van der Waals surface area contributed by atoms with Crippen LogP contribution in [0.15, 0.2) is 30.3 Å². The van der Waals surface area contributed by atoms with E-state index in [2.05, 4.69) is 4.72 Å². The van der Waals surface area contributed by atoms with Crippen molar-refractivity contribution in [3.05, 3.63) is 35.9 Å². The molecular formula is C14H23N3O2S. The number of hydrogen-bond donors (Lipinski definition) is 3. The van der Waals surface area contributed by atoms with E-state index in [9.17, 15) is 8.42 Å². The van der Waals surface area contributed by atoms with Crippen LogP contribution in [0.1, 0.15) is 37.7 Å². The molecule has 1 aromatic carbocycles. The molecule has 0 saturated heterocycles. The van der Waals surface area contributed by atoms with Gasteiger partial charge in [0, 0.05) is 13.0 Å². The average molecular weight is 297 g/mol. The van der Waals surface area contributed by atoms with Gasteiger partial charge in [-0.15, -0.1) is 0 Å². The molecule has 0 bridgehead atoms. The van der Waals surface area contributed by atoms with E-state index in [-0.39, 0.29) is 17.5 Å². The number of unbranched alkanes of at least 4 members (excludes halogenated alkanes) is 1. The molecule has 112 valence electrons. The van der Waals surface area contributed by atoms with E-state index in [1.54, 1.807) is 0 Å². The van der Waals surface area contributed by atoms with Crippen LogP contribution in [0.2, 0.25) is 0 Å². The van der Waals surface area contributed by atoms with Crippen molar-refractivity contribution in [1.29, 1.82) is 5.41 Å². The second-order valence-electron chi connectivity index (χ2n) is 4.97. The lowest BCUT2D eigenvalue weighted by Gasteiger charge is -2.13. The Hall–Kier alpha value is -1.40. The molecule has 0 amide bonds. The van der Waals surface area contributed by atoms with Gasteiger partial charge in [0.15, 0.2) is 0 Å². The minimum atomic E-state index is -3.26. The topological polar surface area (TPSA) is 96.0 Å². The highest BCUT2D eigenvalue weighted by Crippen LogP contribution is 2.16. The van der Waals surface area contributed by atoms with Crippen LogP contribution in [-0.2, 0) is 10.0 Å². The van der Waals surface area contributed by atoms with E-state index in [0.29, 0.717) is 19.4 Å². The molecule has 0 spiro atoms. The van der Waals surface area contributed by atoms with Crippen molar-refractivity contribution < 1.29 is 8.42 Å². The second kappa shape index (κ2) is 8.01. The molecule has 1 aromatic rings. The quantitative estimate of drug-likeness (QED) is 0.368. The standard InChI is InChI=1S/C14H23N3O2S/c1-12(13-7-3-2-4-8-13)11-20(18,19)17-10-6-5-9-14(15)16/h2-4,7-8,12,17H,5-6,9-11H2,1H3,(H3,15,16). The van der Waals surface area contributed by atoms with Crippen LogP contribution in [0.5, 0.6) is 0 Å². The summed E-state index contributed by atoms with van der Waals surface area (Å²) >= 11 is 0. The van der Waals surface area contributed by atoms with Crippen LogP contribution in [0.25, 0.3) is 0 Å². The van der Waals surface area contributed by atoms with Gasteiger partial charge in [0.25, 0.3) is 0 Å². The monoisotopic (exact) mass is 297 g/mol. The van der Waals surface area contributed by atoms with Gasteiger partial charge in [-0.05, 0) is 24.3 Å². The van der Waals surface area contributed by atoms with Gasteiger partial charge in [0.1, 0.15) is 0 Å². The molecule has 0 heterocycles. The first-order valence-corrected chi connectivity index (χ1v) is 8.41. The Labute approximate surface area is 121 Å². The molecule has 20 heavy (non-hydrogen) atoms. The third-order valence-electron chi connectivity index (χ3n) is 3.03. The number of amidine groups is 1. The first kappa shape index (κ1) is 16.7.